The number of hydrogen-bond acceptors (Lipinski definition) is 6. The molecule has 7 heteroatoms. The number of carbonyl (C=O) groups is 2. The number of ether oxygens (including phenoxy) is 3. The molecule has 0 spiro atoms. The number of rotatable bonds is 8. The van der Waals surface area contributed by atoms with Crippen LogP contribution in [0.15, 0.2) is 48.0 Å². The second-order valence-electron chi connectivity index (χ2n) is 7.12. The van der Waals surface area contributed by atoms with Crippen molar-refractivity contribution in [1.82, 2.24) is 4.90 Å². The molecule has 0 aromatic heterocycles. The number of carbonyl (C=O) groups excluding carboxylic acids is 2. The van der Waals surface area contributed by atoms with E-state index in [1.54, 1.807) is 18.2 Å². The number of hydrogen-bond donors (Lipinski definition) is 1. The third kappa shape index (κ3) is 4.14. The molecule has 0 saturated carbocycles. The molecule has 0 aliphatic carbocycles. The van der Waals surface area contributed by atoms with E-state index >= 15 is 0 Å². The van der Waals surface area contributed by atoms with Gasteiger partial charge in [-0.1, -0.05) is 37.3 Å². The highest BCUT2D eigenvalue weighted by Crippen LogP contribution is 2.43. The molecule has 1 N–H and O–H groups in total. The van der Waals surface area contributed by atoms with E-state index in [9.17, 15) is 14.7 Å². The fraction of sp³-hybridized carbons (Fsp3) is 0.333. The van der Waals surface area contributed by atoms with E-state index in [1.165, 1.54) is 26.2 Å². The molecule has 7 nitrogen and oxygen atoms in total. The lowest BCUT2D eigenvalue weighted by Crippen LogP contribution is -2.32. The largest absolute Gasteiger partial charge is 0.506 e. The van der Waals surface area contributed by atoms with Crippen molar-refractivity contribution in [3.05, 3.63) is 64.7 Å². The average Bonchev–Trinajstić information content (AvgIpc) is 3.06. The first-order valence-corrected chi connectivity index (χ1v) is 10.1. The molecule has 1 aliphatic rings. The summed E-state index contributed by atoms with van der Waals surface area (Å²) in [7, 11) is 4.45. The van der Waals surface area contributed by atoms with Crippen LogP contribution < -0.4 is 9.47 Å². The molecule has 1 atom stereocenters. The van der Waals surface area contributed by atoms with Gasteiger partial charge in [0.1, 0.15) is 22.8 Å². The summed E-state index contributed by atoms with van der Waals surface area (Å²) in [6.07, 6.45) is 0.864. The van der Waals surface area contributed by atoms with Crippen molar-refractivity contribution in [1.29, 1.82) is 0 Å². The predicted molar refractivity (Wildman–Crippen MR) is 116 cm³/mol. The minimum absolute atomic E-state index is 0.00634. The Bertz CT molecular complexity index is 973. The number of nitrogens with zero attached hydrogens (tertiary/aromatic N) is 1. The van der Waals surface area contributed by atoms with Crippen molar-refractivity contribution in [2.24, 2.45) is 0 Å². The smallest absolute Gasteiger partial charge is 0.295 e. The molecule has 1 unspecified atom stereocenters. The average molecular weight is 425 g/mol. The third-order valence-corrected chi connectivity index (χ3v) is 5.44. The fourth-order valence-electron chi connectivity index (χ4n) is 3.80. The predicted octanol–water partition coefficient (Wildman–Crippen LogP) is 3.33. The number of likely N-dealkylation sites (tertiary alicyclic amines) is 1. The number of methoxy groups -OCH3 is 3. The van der Waals surface area contributed by atoms with Gasteiger partial charge in [-0.15, -0.1) is 0 Å². The Balaban J connectivity index is 2.24. The van der Waals surface area contributed by atoms with E-state index in [0.717, 1.165) is 17.5 Å². The maximum absolute atomic E-state index is 13.1. The highest BCUT2D eigenvalue weighted by atomic mass is 16.5. The SMILES string of the molecule is CCc1ccc(C2/C(=C(\O)c3c(OC)cccc3OC)C(=O)C(=O)N2CCOC)cc1. The number of amides is 1. The molecule has 0 radical (unpaired) electrons. The summed E-state index contributed by atoms with van der Waals surface area (Å²) in [5.41, 5.74) is 2.08. The van der Waals surface area contributed by atoms with Gasteiger partial charge in [0, 0.05) is 13.7 Å². The fourth-order valence-corrected chi connectivity index (χ4v) is 3.80. The maximum atomic E-state index is 13.1. The van der Waals surface area contributed by atoms with E-state index in [1.807, 2.05) is 31.2 Å². The highest BCUT2D eigenvalue weighted by molar-refractivity contribution is 6.46. The first kappa shape index (κ1) is 22.4. The molecular formula is C24H27NO6. The molecule has 2 aromatic carbocycles. The van der Waals surface area contributed by atoms with Gasteiger partial charge < -0.3 is 24.2 Å². The lowest BCUT2D eigenvalue weighted by molar-refractivity contribution is -0.140. The van der Waals surface area contributed by atoms with Crippen molar-refractivity contribution >= 4 is 17.4 Å². The van der Waals surface area contributed by atoms with Gasteiger partial charge in [0.2, 0.25) is 0 Å². The van der Waals surface area contributed by atoms with Crippen LogP contribution in [0, 0.1) is 0 Å². The Morgan fingerprint density at radius 2 is 1.61 bits per heavy atom. The number of Topliss-reactive ketones (excluding diaryl/α,β-unsaturated/α-hetero) is 1. The Kier molecular flexibility index (Phi) is 6.97. The van der Waals surface area contributed by atoms with Crippen LogP contribution >= 0.6 is 0 Å². The number of benzene rings is 2. The van der Waals surface area contributed by atoms with Gasteiger partial charge in [0.25, 0.3) is 11.7 Å². The first-order chi connectivity index (χ1) is 15.0. The highest BCUT2D eigenvalue weighted by Gasteiger charge is 2.46. The van der Waals surface area contributed by atoms with Crippen LogP contribution in [0.1, 0.15) is 29.7 Å². The molecule has 31 heavy (non-hydrogen) atoms. The molecule has 1 fully saturated rings. The summed E-state index contributed by atoms with van der Waals surface area (Å²) < 4.78 is 15.9. The van der Waals surface area contributed by atoms with Crippen LogP contribution in [0.2, 0.25) is 0 Å². The summed E-state index contributed by atoms with van der Waals surface area (Å²) in [6, 6.07) is 11.9. The second-order valence-corrected chi connectivity index (χ2v) is 7.12. The monoisotopic (exact) mass is 425 g/mol. The third-order valence-electron chi connectivity index (χ3n) is 5.44. The lowest BCUT2D eigenvalue weighted by Gasteiger charge is -2.25. The summed E-state index contributed by atoms with van der Waals surface area (Å²) in [5.74, 6) is -1.11. The van der Waals surface area contributed by atoms with Crippen LogP contribution in [0.4, 0.5) is 0 Å². The Hall–Kier alpha value is -3.32. The molecule has 1 heterocycles. The zero-order valence-electron chi connectivity index (χ0n) is 18.2. The first-order valence-electron chi connectivity index (χ1n) is 10.1. The summed E-state index contributed by atoms with van der Waals surface area (Å²) in [5, 5.41) is 11.3. The van der Waals surface area contributed by atoms with E-state index < -0.39 is 17.7 Å². The van der Waals surface area contributed by atoms with Gasteiger partial charge in [-0.3, -0.25) is 9.59 Å². The number of aryl methyl sites for hydroxylation is 1. The van der Waals surface area contributed by atoms with Crippen molar-refractivity contribution in [2.45, 2.75) is 19.4 Å². The molecule has 164 valence electrons. The quantitative estimate of drug-likeness (QED) is 0.397. The van der Waals surface area contributed by atoms with Gasteiger partial charge in [-0.05, 0) is 29.7 Å². The van der Waals surface area contributed by atoms with E-state index in [-0.39, 0.29) is 30.0 Å². The minimum Gasteiger partial charge on any atom is -0.506 e. The van der Waals surface area contributed by atoms with Gasteiger partial charge in [0.05, 0.1) is 32.4 Å². The van der Waals surface area contributed by atoms with Crippen LogP contribution in [-0.4, -0.2) is 56.2 Å². The second kappa shape index (κ2) is 9.66. The van der Waals surface area contributed by atoms with Crippen LogP contribution in [0.25, 0.3) is 5.76 Å². The molecule has 1 amide bonds. The molecular weight excluding hydrogens is 398 g/mol. The topological polar surface area (TPSA) is 85.3 Å². The van der Waals surface area contributed by atoms with Gasteiger partial charge in [-0.25, -0.2) is 0 Å². The summed E-state index contributed by atoms with van der Waals surface area (Å²) in [4.78, 5) is 27.4. The number of aliphatic hydroxyl groups excluding tert-OH is 1. The molecule has 1 saturated heterocycles. The molecule has 2 aromatic rings. The Morgan fingerprint density at radius 3 is 2.13 bits per heavy atom. The zero-order chi connectivity index (χ0) is 22.5. The Morgan fingerprint density at radius 1 is 1.00 bits per heavy atom. The van der Waals surface area contributed by atoms with Crippen LogP contribution in [0.3, 0.4) is 0 Å². The van der Waals surface area contributed by atoms with Crippen LogP contribution in [-0.2, 0) is 20.7 Å². The van der Waals surface area contributed by atoms with E-state index in [0.29, 0.717) is 11.5 Å². The Labute approximate surface area is 181 Å². The standard InChI is InChI=1S/C24H27NO6/c1-5-15-9-11-16(12-10-15)21-20(23(27)24(28)25(21)13-14-29-2)22(26)19-17(30-3)7-6-8-18(19)31-4/h6-12,21,26H,5,13-14H2,1-4H3/b22-20+. The van der Waals surface area contributed by atoms with Gasteiger partial charge in [-0.2, -0.15) is 0 Å². The number of ketones is 1. The molecule has 0 bridgehead atoms. The van der Waals surface area contributed by atoms with E-state index in [2.05, 4.69) is 0 Å². The molecule has 1 aliphatic heterocycles. The van der Waals surface area contributed by atoms with Crippen molar-refractivity contribution in [3.63, 3.8) is 0 Å². The summed E-state index contributed by atoms with van der Waals surface area (Å²) >= 11 is 0. The zero-order valence-corrected chi connectivity index (χ0v) is 18.2. The van der Waals surface area contributed by atoms with Crippen molar-refractivity contribution < 1.29 is 28.9 Å². The maximum Gasteiger partial charge on any atom is 0.295 e. The van der Waals surface area contributed by atoms with Gasteiger partial charge >= 0.3 is 0 Å². The minimum atomic E-state index is -0.758. The summed E-state index contributed by atoms with van der Waals surface area (Å²) in [6.45, 7) is 2.52. The van der Waals surface area contributed by atoms with Gasteiger partial charge in [0.15, 0.2) is 0 Å². The van der Waals surface area contributed by atoms with Crippen molar-refractivity contribution in [3.8, 4) is 11.5 Å². The molecule has 3 rings (SSSR count). The van der Waals surface area contributed by atoms with Crippen LogP contribution in [0.5, 0.6) is 11.5 Å². The lowest BCUT2D eigenvalue weighted by atomic mass is 9.94. The number of aliphatic hydroxyl groups is 1. The normalized spacial score (nSPS) is 17.8. The van der Waals surface area contributed by atoms with Crippen molar-refractivity contribution in [2.75, 3.05) is 34.5 Å². The van der Waals surface area contributed by atoms with E-state index in [4.69, 9.17) is 14.2 Å².